The summed E-state index contributed by atoms with van der Waals surface area (Å²) in [4.78, 5) is 47.8. The highest BCUT2D eigenvalue weighted by Gasteiger charge is 2.54. The summed E-state index contributed by atoms with van der Waals surface area (Å²) in [6, 6.07) is 18.1. The van der Waals surface area contributed by atoms with Crippen molar-refractivity contribution in [3.63, 3.8) is 0 Å². The third-order valence-corrected chi connectivity index (χ3v) is 8.06. The smallest absolute Gasteiger partial charge is 0.303 e. The molecule has 0 aliphatic carbocycles. The lowest BCUT2D eigenvalue weighted by molar-refractivity contribution is -0.288. The van der Waals surface area contributed by atoms with Crippen molar-refractivity contribution in [2.75, 3.05) is 6.61 Å². The molecular weight excluding hydrogens is 543 g/mol. The summed E-state index contributed by atoms with van der Waals surface area (Å²) >= 11 is 0. The number of hydrogen-bond donors (Lipinski definition) is 0. The third kappa shape index (κ3) is 9.29. The summed E-state index contributed by atoms with van der Waals surface area (Å²) in [5.41, 5.74) is 1.46. The highest BCUT2D eigenvalue weighted by molar-refractivity contribution is 7.57. The van der Waals surface area contributed by atoms with Gasteiger partial charge in [0.2, 0.25) is 13.7 Å². The molecule has 0 N–H and O–H groups in total. The molecule has 0 unspecified atom stereocenters. The standard InChI is InChI=1S/C28H33O11P/c1-18(29)34-15-24-25(35-19(2)30)26(36-20(3)31)27(37-21(4)32)28(38-24)39-40(33,16-22-11-7-5-8-12-22)17-23-13-9-6-10-14-23/h5-14,24-28H,15-17H2,1-4H3/t24-,25-,26+,27+,28+/m1/s1. The van der Waals surface area contributed by atoms with Crippen molar-refractivity contribution >= 4 is 31.2 Å². The summed E-state index contributed by atoms with van der Waals surface area (Å²) in [5.74, 6) is -2.95. The summed E-state index contributed by atoms with van der Waals surface area (Å²) in [5, 5.41) is 0. The first-order chi connectivity index (χ1) is 19.0. The van der Waals surface area contributed by atoms with Crippen LogP contribution in [0.5, 0.6) is 0 Å². The molecule has 1 saturated heterocycles. The van der Waals surface area contributed by atoms with Crippen LogP contribution < -0.4 is 0 Å². The summed E-state index contributed by atoms with van der Waals surface area (Å²) in [6.45, 7) is 4.14. The van der Waals surface area contributed by atoms with E-state index in [0.29, 0.717) is 0 Å². The highest BCUT2D eigenvalue weighted by atomic mass is 31.2. The topological polar surface area (TPSA) is 141 Å². The first-order valence-electron chi connectivity index (χ1n) is 12.6. The quantitative estimate of drug-likeness (QED) is 0.219. The van der Waals surface area contributed by atoms with Gasteiger partial charge in [0.1, 0.15) is 12.7 Å². The Morgan fingerprint density at radius 1 is 0.675 bits per heavy atom. The fourth-order valence-corrected chi connectivity index (χ4v) is 6.66. The van der Waals surface area contributed by atoms with Crippen LogP contribution in [-0.4, -0.2) is 61.2 Å². The zero-order valence-electron chi connectivity index (χ0n) is 22.7. The molecule has 0 spiro atoms. The lowest BCUT2D eigenvalue weighted by Crippen LogP contribution is -2.62. The van der Waals surface area contributed by atoms with E-state index in [1.54, 1.807) is 48.5 Å². The fraction of sp³-hybridized carbons (Fsp3) is 0.429. The first-order valence-corrected chi connectivity index (χ1v) is 14.6. The van der Waals surface area contributed by atoms with Gasteiger partial charge >= 0.3 is 23.9 Å². The second-order valence-corrected chi connectivity index (χ2v) is 11.7. The van der Waals surface area contributed by atoms with Crippen molar-refractivity contribution in [3.05, 3.63) is 71.8 Å². The van der Waals surface area contributed by atoms with Crippen LogP contribution in [0.15, 0.2) is 60.7 Å². The molecular formula is C28H33O11P. The number of benzene rings is 2. The molecule has 216 valence electrons. The van der Waals surface area contributed by atoms with Crippen molar-refractivity contribution in [1.29, 1.82) is 0 Å². The lowest BCUT2D eigenvalue weighted by Gasteiger charge is -2.44. The Bertz CT molecular complexity index is 1170. The van der Waals surface area contributed by atoms with Crippen molar-refractivity contribution < 1.29 is 52.0 Å². The molecule has 0 bridgehead atoms. The van der Waals surface area contributed by atoms with Crippen molar-refractivity contribution in [2.45, 2.75) is 70.7 Å². The number of ether oxygens (including phenoxy) is 5. The molecule has 3 rings (SSSR count). The van der Waals surface area contributed by atoms with Gasteiger partial charge in [0.25, 0.3) is 0 Å². The predicted octanol–water partition coefficient (Wildman–Crippen LogP) is 3.76. The molecule has 40 heavy (non-hydrogen) atoms. The van der Waals surface area contributed by atoms with Gasteiger partial charge in [-0.2, -0.15) is 0 Å². The van der Waals surface area contributed by atoms with Crippen LogP contribution in [0.3, 0.4) is 0 Å². The maximum atomic E-state index is 14.5. The molecule has 12 heteroatoms. The van der Waals surface area contributed by atoms with Crippen LogP contribution in [0.25, 0.3) is 0 Å². The van der Waals surface area contributed by atoms with Crippen LogP contribution in [0.4, 0.5) is 0 Å². The molecule has 5 atom stereocenters. The summed E-state index contributed by atoms with van der Waals surface area (Å²) < 4.78 is 48.1. The number of esters is 4. The molecule has 2 aromatic carbocycles. The molecule has 1 heterocycles. The Hall–Kier alpha value is -3.53. The van der Waals surface area contributed by atoms with Gasteiger partial charge in [-0.15, -0.1) is 0 Å². The van der Waals surface area contributed by atoms with E-state index in [0.717, 1.165) is 31.9 Å². The number of carbonyl (C=O) groups excluding carboxylic acids is 4. The SMILES string of the molecule is CC(=O)OC[C@H]1O[C@@H](OP(=O)(Cc2ccccc2)Cc2ccccc2)[C@@H](OC(C)=O)[C@@H](OC(C)=O)[C@@H]1OC(C)=O. The Morgan fingerprint density at radius 3 is 1.57 bits per heavy atom. The Balaban J connectivity index is 2.05. The van der Waals surface area contributed by atoms with Crippen LogP contribution in [0.1, 0.15) is 38.8 Å². The molecule has 1 aliphatic rings. The lowest BCUT2D eigenvalue weighted by atomic mass is 9.98. The van der Waals surface area contributed by atoms with E-state index in [9.17, 15) is 23.7 Å². The van der Waals surface area contributed by atoms with E-state index in [-0.39, 0.29) is 12.3 Å². The molecule has 0 saturated carbocycles. The minimum absolute atomic E-state index is 0.00953. The minimum Gasteiger partial charge on any atom is -0.463 e. The number of hydrogen-bond acceptors (Lipinski definition) is 11. The van der Waals surface area contributed by atoms with E-state index in [1.807, 2.05) is 12.1 Å². The van der Waals surface area contributed by atoms with E-state index >= 15 is 0 Å². The van der Waals surface area contributed by atoms with Crippen molar-refractivity contribution in [1.82, 2.24) is 0 Å². The Kier molecular flexibility index (Phi) is 11.0. The molecule has 0 radical (unpaired) electrons. The first kappa shape index (κ1) is 31.0. The number of rotatable bonds is 11. The van der Waals surface area contributed by atoms with Crippen molar-refractivity contribution in [3.8, 4) is 0 Å². The molecule has 11 nitrogen and oxygen atoms in total. The summed E-state index contributed by atoms with van der Waals surface area (Å²) in [7, 11) is -3.66. The van der Waals surface area contributed by atoms with Crippen LogP contribution in [0.2, 0.25) is 0 Å². The van der Waals surface area contributed by atoms with Crippen LogP contribution in [0, 0.1) is 0 Å². The van der Waals surface area contributed by atoms with E-state index in [1.165, 1.54) is 6.92 Å². The van der Waals surface area contributed by atoms with Gasteiger partial charge in [0.05, 0.1) is 12.3 Å². The van der Waals surface area contributed by atoms with E-state index < -0.39 is 68.6 Å². The molecule has 0 aromatic heterocycles. The normalized spacial score (nSPS) is 22.6. The Labute approximate surface area is 232 Å². The number of carbonyl (C=O) groups is 4. The van der Waals surface area contributed by atoms with Gasteiger partial charge in [-0.1, -0.05) is 60.7 Å². The fourth-order valence-electron chi connectivity index (χ4n) is 4.32. The van der Waals surface area contributed by atoms with Gasteiger partial charge in [0, 0.05) is 27.7 Å². The average molecular weight is 577 g/mol. The maximum absolute atomic E-state index is 14.5. The molecule has 1 aliphatic heterocycles. The largest absolute Gasteiger partial charge is 0.463 e. The van der Waals surface area contributed by atoms with E-state index in [4.69, 9.17) is 28.2 Å². The second-order valence-electron chi connectivity index (χ2n) is 9.28. The highest BCUT2D eigenvalue weighted by Crippen LogP contribution is 2.55. The zero-order valence-corrected chi connectivity index (χ0v) is 23.6. The predicted molar refractivity (Wildman–Crippen MR) is 141 cm³/mol. The molecule has 0 amide bonds. The van der Waals surface area contributed by atoms with Crippen molar-refractivity contribution in [2.24, 2.45) is 0 Å². The minimum atomic E-state index is -3.66. The molecule has 2 aromatic rings. The van der Waals surface area contributed by atoms with Gasteiger partial charge in [0.15, 0.2) is 18.3 Å². The average Bonchev–Trinajstić information content (AvgIpc) is 2.86. The van der Waals surface area contributed by atoms with Gasteiger partial charge in [-0.05, 0) is 11.1 Å². The zero-order chi connectivity index (χ0) is 29.3. The summed E-state index contributed by atoms with van der Waals surface area (Å²) in [6.07, 6.45) is -6.97. The maximum Gasteiger partial charge on any atom is 0.303 e. The van der Waals surface area contributed by atoms with Gasteiger partial charge < -0.3 is 23.7 Å². The van der Waals surface area contributed by atoms with E-state index in [2.05, 4.69) is 0 Å². The molecule has 1 fully saturated rings. The monoisotopic (exact) mass is 576 g/mol. The van der Waals surface area contributed by atoms with Crippen LogP contribution >= 0.6 is 7.37 Å². The second kappa shape index (κ2) is 14.2. The van der Waals surface area contributed by atoms with Gasteiger partial charge in [-0.25, -0.2) is 0 Å². The Morgan fingerprint density at radius 2 is 1.12 bits per heavy atom. The van der Waals surface area contributed by atoms with Crippen LogP contribution in [-0.2, 0) is 64.3 Å². The third-order valence-electron chi connectivity index (χ3n) is 5.78. The van der Waals surface area contributed by atoms with Gasteiger partial charge in [-0.3, -0.25) is 28.3 Å².